The van der Waals surface area contributed by atoms with Crippen molar-refractivity contribution in [3.63, 3.8) is 0 Å². The third kappa shape index (κ3) is 3.03. The van der Waals surface area contributed by atoms with Crippen molar-refractivity contribution in [2.24, 2.45) is 0 Å². The van der Waals surface area contributed by atoms with E-state index in [4.69, 9.17) is 0 Å². The van der Waals surface area contributed by atoms with Crippen LogP contribution in [0, 0.1) is 6.92 Å². The highest BCUT2D eigenvalue weighted by atomic mass is 32.2. The lowest BCUT2D eigenvalue weighted by Gasteiger charge is -2.19. The topological polar surface area (TPSA) is 84.2 Å². The molecule has 1 fully saturated rings. The molecule has 0 bridgehead atoms. The fourth-order valence-electron chi connectivity index (χ4n) is 2.05. The molecule has 0 amide bonds. The van der Waals surface area contributed by atoms with Gasteiger partial charge in [0.15, 0.2) is 4.75 Å². The van der Waals surface area contributed by atoms with Crippen LogP contribution < -0.4 is 4.72 Å². The summed E-state index contributed by atoms with van der Waals surface area (Å²) in [5.41, 5.74) is -0.398. The second-order valence-electron chi connectivity index (χ2n) is 6.08. The number of rotatable bonds is 6. The summed E-state index contributed by atoms with van der Waals surface area (Å²) in [7, 11) is -4.17. The van der Waals surface area contributed by atoms with Gasteiger partial charge in [0.1, 0.15) is 0 Å². The molecule has 1 heterocycles. The maximum atomic E-state index is 12.9. The van der Waals surface area contributed by atoms with E-state index in [1.807, 2.05) is 0 Å². The Morgan fingerprint density at radius 1 is 1.52 bits per heavy atom. The van der Waals surface area contributed by atoms with Crippen molar-refractivity contribution in [2.75, 3.05) is 4.72 Å². The Balaban J connectivity index is 2.22. The fraction of sp³-hybridized carbons (Fsp3) is 0.750. The monoisotopic (exact) mass is 323 g/mol. The number of sulfonamides is 1. The van der Waals surface area contributed by atoms with E-state index in [0.717, 1.165) is 0 Å². The molecule has 21 heavy (non-hydrogen) atoms. The summed E-state index contributed by atoms with van der Waals surface area (Å²) in [5.74, 6) is 0. The molecule has 1 aliphatic rings. The van der Waals surface area contributed by atoms with E-state index in [1.54, 1.807) is 20.8 Å². The van der Waals surface area contributed by atoms with Crippen LogP contribution >= 0.6 is 0 Å². The molecule has 0 atom stereocenters. The summed E-state index contributed by atoms with van der Waals surface area (Å²) in [6.07, 6.45) is -1.74. The zero-order chi connectivity index (χ0) is 16.1. The van der Waals surface area contributed by atoms with Gasteiger partial charge in [0.25, 0.3) is 6.43 Å². The normalized spacial score (nSPS) is 18.0. The number of hydrogen-bond acceptors (Lipinski definition) is 4. The van der Waals surface area contributed by atoms with Gasteiger partial charge in [-0.1, -0.05) is 0 Å². The first-order valence-electron chi connectivity index (χ1n) is 6.54. The molecular formula is C12H19F2N3O3S. The summed E-state index contributed by atoms with van der Waals surface area (Å²) in [6.45, 7) is 4.96. The summed E-state index contributed by atoms with van der Waals surface area (Å²) in [5, 5.41) is 13.7. The maximum absolute atomic E-state index is 12.9. The van der Waals surface area contributed by atoms with Gasteiger partial charge in [-0.05, 0) is 33.6 Å². The van der Waals surface area contributed by atoms with Crippen LogP contribution in [0.25, 0.3) is 0 Å². The molecule has 2 N–H and O–H groups in total. The highest BCUT2D eigenvalue weighted by Gasteiger charge is 2.62. The lowest BCUT2D eigenvalue weighted by molar-refractivity contribution is 0.0571. The van der Waals surface area contributed by atoms with Gasteiger partial charge in [0, 0.05) is 0 Å². The zero-order valence-electron chi connectivity index (χ0n) is 12.1. The van der Waals surface area contributed by atoms with Crippen LogP contribution in [0.4, 0.5) is 14.5 Å². The SMILES string of the molecule is Cc1c(NS(=O)(=O)C2(C(F)F)CC2)cnn1CC(C)(C)O. The number of aliphatic hydroxyl groups is 1. The van der Waals surface area contributed by atoms with E-state index >= 15 is 0 Å². The minimum absolute atomic E-state index is 0.0448. The lowest BCUT2D eigenvalue weighted by Crippen LogP contribution is -2.36. The number of halogens is 2. The fourth-order valence-corrected chi connectivity index (χ4v) is 3.61. The Morgan fingerprint density at radius 2 is 2.10 bits per heavy atom. The smallest absolute Gasteiger partial charge is 0.259 e. The van der Waals surface area contributed by atoms with Crippen molar-refractivity contribution in [3.05, 3.63) is 11.9 Å². The van der Waals surface area contributed by atoms with Crippen LogP contribution in [0.1, 0.15) is 32.4 Å². The summed E-state index contributed by atoms with van der Waals surface area (Å²) in [4.78, 5) is 0. The molecule has 0 radical (unpaired) electrons. The number of hydrogen-bond donors (Lipinski definition) is 2. The van der Waals surface area contributed by atoms with Gasteiger partial charge in [0.2, 0.25) is 10.0 Å². The Hall–Kier alpha value is -1.22. The van der Waals surface area contributed by atoms with Crippen molar-refractivity contribution in [1.29, 1.82) is 0 Å². The zero-order valence-corrected chi connectivity index (χ0v) is 12.9. The van der Waals surface area contributed by atoms with E-state index in [2.05, 4.69) is 9.82 Å². The second-order valence-corrected chi connectivity index (χ2v) is 8.11. The third-order valence-corrected chi connectivity index (χ3v) is 5.71. The Labute approximate surface area is 122 Å². The molecule has 1 aromatic rings. The number of aromatic nitrogens is 2. The highest BCUT2D eigenvalue weighted by molar-refractivity contribution is 7.94. The van der Waals surface area contributed by atoms with Gasteiger partial charge >= 0.3 is 0 Å². The molecule has 0 aromatic carbocycles. The molecule has 0 aliphatic heterocycles. The first-order valence-corrected chi connectivity index (χ1v) is 8.02. The van der Waals surface area contributed by atoms with E-state index in [1.165, 1.54) is 10.9 Å². The molecule has 1 saturated carbocycles. The summed E-state index contributed by atoms with van der Waals surface area (Å²) >= 11 is 0. The minimum atomic E-state index is -4.17. The summed E-state index contributed by atoms with van der Waals surface area (Å²) in [6, 6.07) is 0. The van der Waals surface area contributed by atoms with E-state index in [-0.39, 0.29) is 25.1 Å². The minimum Gasteiger partial charge on any atom is -0.389 e. The van der Waals surface area contributed by atoms with Crippen molar-refractivity contribution < 1.29 is 22.3 Å². The molecule has 0 spiro atoms. The van der Waals surface area contributed by atoms with Gasteiger partial charge in [-0.15, -0.1) is 0 Å². The average Bonchev–Trinajstić information content (AvgIpc) is 3.06. The predicted molar refractivity (Wildman–Crippen MR) is 73.8 cm³/mol. The van der Waals surface area contributed by atoms with Gasteiger partial charge in [-0.25, -0.2) is 17.2 Å². The van der Waals surface area contributed by atoms with Crippen LogP contribution in [0.5, 0.6) is 0 Å². The maximum Gasteiger partial charge on any atom is 0.259 e. The Kier molecular flexibility index (Phi) is 3.78. The number of alkyl halides is 2. The number of nitrogens with one attached hydrogen (secondary N) is 1. The van der Waals surface area contributed by atoms with Gasteiger partial charge in [-0.2, -0.15) is 5.10 Å². The van der Waals surface area contributed by atoms with Crippen molar-refractivity contribution >= 4 is 15.7 Å². The standard InChI is InChI=1S/C12H19F2N3O3S/c1-8-9(6-15-17(8)7-11(2,3)18)16-21(19,20)12(4-5-12)10(13)14/h6,10,16,18H,4-5,7H2,1-3H3. The van der Waals surface area contributed by atoms with Crippen molar-refractivity contribution in [2.45, 2.75) is 56.9 Å². The molecule has 2 rings (SSSR count). The predicted octanol–water partition coefficient (Wildman–Crippen LogP) is 1.50. The lowest BCUT2D eigenvalue weighted by atomic mass is 10.1. The van der Waals surface area contributed by atoms with Gasteiger partial charge in [0.05, 0.1) is 29.7 Å². The first kappa shape index (κ1) is 16.2. The van der Waals surface area contributed by atoms with E-state index in [9.17, 15) is 22.3 Å². The van der Waals surface area contributed by atoms with Crippen LogP contribution in [-0.4, -0.2) is 40.1 Å². The molecule has 0 saturated heterocycles. The van der Waals surface area contributed by atoms with Crippen LogP contribution in [-0.2, 0) is 16.6 Å². The number of nitrogens with zero attached hydrogens (tertiary/aromatic N) is 2. The van der Waals surface area contributed by atoms with E-state index in [0.29, 0.717) is 5.69 Å². The molecule has 6 nitrogen and oxygen atoms in total. The quantitative estimate of drug-likeness (QED) is 0.831. The molecule has 0 unspecified atom stereocenters. The molecule has 120 valence electrons. The average molecular weight is 323 g/mol. The van der Waals surface area contributed by atoms with Crippen molar-refractivity contribution in [1.82, 2.24) is 9.78 Å². The van der Waals surface area contributed by atoms with Gasteiger partial charge < -0.3 is 5.11 Å². The third-order valence-electron chi connectivity index (χ3n) is 3.56. The molecule has 1 aromatic heterocycles. The summed E-state index contributed by atoms with van der Waals surface area (Å²) < 4.78 is 51.7. The highest BCUT2D eigenvalue weighted by Crippen LogP contribution is 2.48. The van der Waals surface area contributed by atoms with Crippen LogP contribution in [0.3, 0.4) is 0 Å². The molecule has 1 aliphatic carbocycles. The first-order chi connectivity index (χ1) is 9.48. The Bertz CT molecular complexity index is 631. The molecular weight excluding hydrogens is 304 g/mol. The molecule has 9 heteroatoms. The Morgan fingerprint density at radius 3 is 2.52 bits per heavy atom. The second kappa shape index (κ2) is 4.91. The van der Waals surface area contributed by atoms with Crippen LogP contribution in [0.15, 0.2) is 6.20 Å². The van der Waals surface area contributed by atoms with Crippen molar-refractivity contribution in [3.8, 4) is 0 Å². The largest absolute Gasteiger partial charge is 0.389 e. The van der Waals surface area contributed by atoms with E-state index < -0.39 is 26.8 Å². The number of anilines is 1. The van der Waals surface area contributed by atoms with Crippen LogP contribution in [0.2, 0.25) is 0 Å². The van der Waals surface area contributed by atoms with Gasteiger partial charge in [-0.3, -0.25) is 9.40 Å².